The van der Waals surface area contributed by atoms with Gasteiger partial charge >= 0.3 is 0 Å². The average Bonchev–Trinajstić information content (AvgIpc) is 3.23. The van der Waals surface area contributed by atoms with Gasteiger partial charge in [0.2, 0.25) is 5.91 Å². The third kappa shape index (κ3) is 6.62. The van der Waals surface area contributed by atoms with E-state index >= 15 is 0 Å². The standard InChI is InChI=1S/C21H33N5O.HI/c1-18-5-7-19(8-6-18)9-10-23-21(22-2)26-15-13-24(14-16-26)17-20(27)25-11-3-4-12-25;/h5-8H,3-4,9-17H2,1-2H3,(H,22,23);1H. The summed E-state index contributed by atoms with van der Waals surface area (Å²) in [6, 6.07) is 8.70. The van der Waals surface area contributed by atoms with E-state index in [1.54, 1.807) is 0 Å². The predicted molar refractivity (Wildman–Crippen MR) is 125 cm³/mol. The van der Waals surface area contributed by atoms with Crippen molar-refractivity contribution < 1.29 is 4.79 Å². The molecular weight excluding hydrogens is 465 g/mol. The number of piperazine rings is 1. The van der Waals surface area contributed by atoms with Crippen LogP contribution in [0.5, 0.6) is 0 Å². The molecule has 1 N–H and O–H groups in total. The summed E-state index contributed by atoms with van der Waals surface area (Å²) in [6.45, 7) is 9.09. The summed E-state index contributed by atoms with van der Waals surface area (Å²) < 4.78 is 0. The molecule has 1 aromatic rings. The Hall–Kier alpha value is -1.35. The number of halogens is 1. The fraction of sp³-hybridized carbons (Fsp3) is 0.619. The summed E-state index contributed by atoms with van der Waals surface area (Å²) in [5.74, 6) is 1.26. The van der Waals surface area contributed by atoms with Crippen LogP contribution in [0, 0.1) is 6.92 Å². The van der Waals surface area contributed by atoms with Crippen LogP contribution >= 0.6 is 24.0 Å². The molecule has 2 saturated heterocycles. The minimum atomic E-state index is 0. The molecule has 3 rings (SSSR count). The Bertz CT molecular complexity index is 635. The Morgan fingerprint density at radius 3 is 2.25 bits per heavy atom. The van der Waals surface area contributed by atoms with Gasteiger partial charge < -0.3 is 15.1 Å². The average molecular weight is 499 g/mol. The molecule has 2 aliphatic heterocycles. The van der Waals surface area contributed by atoms with E-state index in [2.05, 4.69) is 51.3 Å². The van der Waals surface area contributed by atoms with Crippen LogP contribution in [0.3, 0.4) is 0 Å². The van der Waals surface area contributed by atoms with Crippen molar-refractivity contribution in [1.29, 1.82) is 0 Å². The maximum absolute atomic E-state index is 12.3. The second-order valence-corrected chi connectivity index (χ2v) is 7.56. The molecule has 1 amide bonds. The molecular formula is C21H34IN5O. The highest BCUT2D eigenvalue weighted by Crippen LogP contribution is 2.09. The van der Waals surface area contributed by atoms with E-state index in [4.69, 9.17) is 0 Å². The molecule has 2 heterocycles. The van der Waals surface area contributed by atoms with Crippen LogP contribution in [0.4, 0.5) is 0 Å². The van der Waals surface area contributed by atoms with E-state index < -0.39 is 0 Å². The number of nitrogens with zero attached hydrogens (tertiary/aromatic N) is 4. The van der Waals surface area contributed by atoms with E-state index in [1.165, 1.54) is 11.1 Å². The highest BCUT2D eigenvalue weighted by molar-refractivity contribution is 14.0. The first-order valence-electron chi connectivity index (χ1n) is 10.2. The van der Waals surface area contributed by atoms with Crippen LogP contribution in [0.1, 0.15) is 24.0 Å². The first-order valence-corrected chi connectivity index (χ1v) is 10.2. The van der Waals surface area contributed by atoms with E-state index in [0.717, 1.165) is 71.0 Å². The summed E-state index contributed by atoms with van der Waals surface area (Å²) in [7, 11) is 1.84. The van der Waals surface area contributed by atoms with Crippen molar-refractivity contribution in [2.75, 3.05) is 59.4 Å². The molecule has 0 radical (unpaired) electrons. The second-order valence-electron chi connectivity index (χ2n) is 7.56. The number of nitrogens with one attached hydrogen (secondary N) is 1. The number of amides is 1. The van der Waals surface area contributed by atoms with Crippen molar-refractivity contribution in [2.45, 2.75) is 26.2 Å². The quantitative estimate of drug-likeness (QED) is 0.383. The molecule has 0 bridgehead atoms. The third-order valence-corrected chi connectivity index (χ3v) is 5.52. The molecule has 2 fully saturated rings. The van der Waals surface area contributed by atoms with Crippen LogP contribution < -0.4 is 5.32 Å². The molecule has 0 saturated carbocycles. The SMILES string of the molecule is CN=C(NCCc1ccc(C)cc1)N1CCN(CC(=O)N2CCCC2)CC1.I. The Balaban J connectivity index is 0.00000280. The van der Waals surface area contributed by atoms with Crippen molar-refractivity contribution in [3.8, 4) is 0 Å². The van der Waals surface area contributed by atoms with Crippen LogP contribution in [-0.2, 0) is 11.2 Å². The Labute approximate surface area is 186 Å². The third-order valence-electron chi connectivity index (χ3n) is 5.52. The first kappa shape index (κ1) is 22.9. The first-order chi connectivity index (χ1) is 13.2. The number of aryl methyl sites for hydroxylation is 1. The van der Waals surface area contributed by atoms with Gasteiger partial charge in [0.05, 0.1) is 6.54 Å². The lowest BCUT2D eigenvalue weighted by Gasteiger charge is -2.36. The molecule has 0 aromatic heterocycles. The Morgan fingerprint density at radius 1 is 1.00 bits per heavy atom. The van der Waals surface area contributed by atoms with Crippen molar-refractivity contribution in [3.63, 3.8) is 0 Å². The van der Waals surface area contributed by atoms with Gasteiger partial charge in [-0.2, -0.15) is 0 Å². The fourth-order valence-corrected chi connectivity index (χ4v) is 3.78. The lowest BCUT2D eigenvalue weighted by molar-refractivity contribution is -0.131. The number of rotatable bonds is 5. The molecule has 0 spiro atoms. The number of hydrogen-bond donors (Lipinski definition) is 1. The fourth-order valence-electron chi connectivity index (χ4n) is 3.78. The summed E-state index contributed by atoms with van der Waals surface area (Å²) in [5, 5.41) is 3.48. The zero-order valence-electron chi connectivity index (χ0n) is 17.2. The molecule has 1 aromatic carbocycles. The highest BCUT2D eigenvalue weighted by Gasteiger charge is 2.24. The Kier molecular flexibility index (Phi) is 9.50. The predicted octanol–water partition coefficient (Wildman–Crippen LogP) is 1.97. The smallest absolute Gasteiger partial charge is 0.236 e. The van der Waals surface area contributed by atoms with Crippen LogP contribution in [-0.4, -0.2) is 86.0 Å². The van der Waals surface area contributed by atoms with Crippen molar-refractivity contribution in [1.82, 2.24) is 20.0 Å². The highest BCUT2D eigenvalue weighted by atomic mass is 127. The van der Waals surface area contributed by atoms with Crippen molar-refractivity contribution in [3.05, 3.63) is 35.4 Å². The van der Waals surface area contributed by atoms with E-state index in [-0.39, 0.29) is 24.0 Å². The number of guanidine groups is 1. The van der Waals surface area contributed by atoms with Gasteiger partial charge in [0.25, 0.3) is 0 Å². The second kappa shape index (κ2) is 11.6. The topological polar surface area (TPSA) is 51.2 Å². The van der Waals surface area contributed by atoms with E-state index in [9.17, 15) is 4.79 Å². The van der Waals surface area contributed by atoms with Gasteiger partial charge in [-0.05, 0) is 31.7 Å². The summed E-state index contributed by atoms with van der Waals surface area (Å²) in [6.07, 6.45) is 3.30. The summed E-state index contributed by atoms with van der Waals surface area (Å²) >= 11 is 0. The number of carbonyl (C=O) groups is 1. The number of hydrogen-bond acceptors (Lipinski definition) is 3. The molecule has 0 atom stereocenters. The normalized spacial score (nSPS) is 18.1. The number of benzene rings is 1. The van der Waals surface area contributed by atoms with E-state index in [0.29, 0.717) is 12.5 Å². The maximum atomic E-state index is 12.3. The van der Waals surface area contributed by atoms with Crippen LogP contribution in [0.2, 0.25) is 0 Å². The zero-order valence-corrected chi connectivity index (χ0v) is 19.5. The molecule has 156 valence electrons. The van der Waals surface area contributed by atoms with Gasteiger partial charge in [0.15, 0.2) is 5.96 Å². The lowest BCUT2D eigenvalue weighted by atomic mass is 10.1. The van der Waals surface area contributed by atoms with Crippen LogP contribution in [0.15, 0.2) is 29.3 Å². The van der Waals surface area contributed by atoms with E-state index in [1.807, 2.05) is 11.9 Å². The maximum Gasteiger partial charge on any atom is 0.236 e. The Morgan fingerprint density at radius 2 is 1.64 bits per heavy atom. The van der Waals surface area contributed by atoms with Crippen molar-refractivity contribution >= 4 is 35.8 Å². The zero-order chi connectivity index (χ0) is 19.1. The van der Waals surface area contributed by atoms with Gasteiger partial charge in [-0.25, -0.2) is 0 Å². The minimum Gasteiger partial charge on any atom is -0.356 e. The monoisotopic (exact) mass is 499 g/mol. The number of carbonyl (C=O) groups excluding carboxylic acids is 1. The molecule has 7 heteroatoms. The minimum absolute atomic E-state index is 0. The molecule has 0 unspecified atom stereocenters. The molecule has 28 heavy (non-hydrogen) atoms. The van der Waals surface area contributed by atoms with Crippen LogP contribution in [0.25, 0.3) is 0 Å². The number of likely N-dealkylation sites (tertiary alicyclic amines) is 1. The molecule has 0 aliphatic carbocycles. The molecule has 2 aliphatic rings. The molecule has 6 nitrogen and oxygen atoms in total. The summed E-state index contributed by atoms with van der Waals surface area (Å²) in [5.41, 5.74) is 2.64. The van der Waals surface area contributed by atoms with Gasteiger partial charge in [0.1, 0.15) is 0 Å². The summed E-state index contributed by atoms with van der Waals surface area (Å²) in [4.78, 5) is 23.3. The largest absolute Gasteiger partial charge is 0.356 e. The van der Waals surface area contributed by atoms with Crippen molar-refractivity contribution in [2.24, 2.45) is 4.99 Å². The van der Waals surface area contributed by atoms with Gasteiger partial charge in [-0.3, -0.25) is 14.7 Å². The lowest BCUT2D eigenvalue weighted by Crippen LogP contribution is -2.54. The number of aliphatic imine (C=N–C) groups is 1. The van der Waals surface area contributed by atoms with Gasteiger partial charge in [-0.1, -0.05) is 29.8 Å². The van der Waals surface area contributed by atoms with Gasteiger partial charge in [0, 0.05) is 52.9 Å². The van der Waals surface area contributed by atoms with Gasteiger partial charge in [-0.15, -0.1) is 24.0 Å².